The van der Waals surface area contributed by atoms with E-state index in [0.29, 0.717) is 15.7 Å². The Hall–Kier alpha value is -1.58. The number of quaternary nitrogens is 1. The van der Waals surface area contributed by atoms with Crippen LogP contribution in [0.1, 0.15) is 40.8 Å². The molecule has 1 heterocycles. The highest BCUT2D eigenvalue weighted by Crippen LogP contribution is 2.42. The first-order valence-corrected chi connectivity index (χ1v) is 10.3. The Morgan fingerprint density at radius 2 is 1.39 bits per heavy atom. The number of nitrogens with zero attached hydrogens (tertiary/aromatic N) is 1. The zero-order chi connectivity index (χ0) is 25.0. The Bertz CT molecular complexity index is 1000. The molecule has 0 aliphatic carbocycles. The van der Waals surface area contributed by atoms with Crippen molar-refractivity contribution in [1.82, 2.24) is 0 Å². The van der Waals surface area contributed by atoms with Gasteiger partial charge in [-0.3, -0.25) is 0 Å². The lowest BCUT2D eigenvalue weighted by Gasteiger charge is -2.42. The lowest BCUT2D eigenvalue weighted by Crippen LogP contribution is -2.45. The van der Waals surface area contributed by atoms with E-state index < -0.39 is 70.9 Å². The third-order valence-electron chi connectivity index (χ3n) is 5.38. The summed E-state index contributed by atoms with van der Waals surface area (Å²) in [6.07, 6.45) is -15.9. The molecule has 3 rings (SSSR count). The fraction of sp³-hybridized carbons (Fsp3) is 0.400. The topological polar surface area (TPSA) is 32.3 Å². The summed E-state index contributed by atoms with van der Waals surface area (Å²) in [5, 5.41) is 13.3. The molecule has 13 heteroatoms. The average Bonchev–Trinajstić information content (AvgIpc) is 2.94. The molecule has 1 fully saturated rings. The Balaban J connectivity index is 1.96. The van der Waals surface area contributed by atoms with Crippen molar-refractivity contribution in [1.29, 1.82) is 0 Å². The van der Waals surface area contributed by atoms with Crippen LogP contribution in [-0.2, 0) is 29.8 Å². The van der Waals surface area contributed by atoms with Crippen LogP contribution in [0.4, 0.5) is 39.5 Å². The highest BCUT2D eigenvalue weighted by atomic mass is 127. The van der Waals surface area contributed by atoms with Crippen LogP contribution in [-0.4, -0.2) is 17.4 Å². The van der Waals surface area contributed by atoms with Gasteiger partial charge in [-0.15, -0.1) is 0 Å². The molecule has 3 atom stereocenters. The van der Waals surface area contributed by atoms with Gasteiger partial charge in [-0.2, -0.15) is 39.5 Å². The van der Waals surface area contributed by atoms with E-state index in [1.54, 1.807) is 22.6 Å². The molecule has 0 radical (unpaired) electrons. The number of hydrogen-bond acceptors (Lipinski definition) is 2. The van der Waals surface area contributed by atoms with Gasteiger partial charge in [-0.05, 0) is 65.9 Å². The molecule has 182 valence electrons. The summed E-state index contributed by atoms with van der Waals surface area (Å²) in [6.45, 7) is -0.116. The predicted octanol–water partition coefficient (Wildman–Crippen LogP) is 7.28. The van der Waals surface area contributed by atoms with Crippen molar-refractivity contribution in [2.45, 2.75) is 44.1 Å². The van der Waals surface area contributed by atoms with Gasteiger partial charge in [0.1, 0.15) is 18.7 Å². The van der Waals surface area contributed by atoms with Gasteiger partial charge < -0.3 is 14.6 Å². The first-order valence-electron chi connectivity index (χ1n) is 9.26. The Morgan fingerprint density at radius 3 is 1.88 bits per heavy atom. The maximum atomic E-state index is 13.3. The molecule has 0 aromatic heterocycles. The largest absolute Gasteiger partial charge is 0.631 e. The van der Waals surface area contributed by atoms with E-state index in [-0.39, 0.29) is 11.6 Å². The minimum absolute atomic E-state index is 0.0453. The summed E-state index contributed by atoms with van der Waals surface area (Å²) in [6, 6.07) is 2.63. The number of rotatable bonds is 3. The maximum Gasteiger partial charge on any atom is 0.416 e. The van der Waals surface area contributed by atoms with Crippen molar-refractivity contribution in [2.75, 3.05) is 6.73 Å². The Morgan fingerprint density at radius 1 is 0.879 bits per heavy atom. The highest BCUT2D eigenvalue weighted by Gasteiger charge is 2.44. The summed E-state index contributed by atoms with van der Waals surface area (Å²) < 4.78 is 122. The second kappa shape index (κ2) is 8.57. The SMILES string of the molecule is C[C@@H]1[C@@H](c2cc(C(F)(F)F)ccc2I)OC[N+]1([O-])Cc1cc(C(F)(F)F)cc(C(F)(F)F)c1. The van der Waals surface area contributed by atoms with Crippen LogP contribution in [0.25, 0.3) is 0 Å². The molecule has 0 bridgehead atoms. The fourth-order valence-corrected chi connectivity index (χ4v) is 4.25. The molecule has 0 spiro atoms. The number of hydroxylamine groups is 3. The predicted molar refractivity (Wildman–Crippen MR) is 106 cm³/mol. The summed E-state index contributed by atoms with van der Waals surface area (Å²) in [5.41, 5.74) is -4.54. The first-order chi connectivity index (χ1) is 14.9. The summed E-state index contributed by atoms with van der Waals surface area (Å²) in [7, 11) is 0. The molecule has 33 heavy (non-hydrogen) atoms. The molecule has 2 aromatic carbocycles. The second-order valence-corrected chi connectivity index (χ2v) is 8.88. The van der Waals surface area contributed by atoms with Crippen LogP contribution in [0.15, 0.2) is 36.4 Å². The van der Waals surface area contributed by atoms with Gasteiger partial charge in [0.2, 0.25) is 0 Å². The van der Waals surface area contributed by atoms with Crippen molar-refractivity contribution >= 4 is 22.6 Å². The molecule has 3 nitrogen and oxygen atoms in total. The Kier molecular flexibility index (Phi) is 6.76. The number of halogens is 10. The normalized spacial score (nSPS) is 24.4. The van der Waals surface area contributed by atoms with Crippen LogP contribution in [0.2, 0.25) is 0 Å². The van der Waals surface area contributed by atoms with Crippen LogP contribution in [0.5, 0.6) is 0 Å². The monoisotopic (exact) mass is 599 g/mol. The average molecular weight is 599 g/mol. The highest BCUT2D eigenvalue weighted by molar-refractivity contribution is 14.1. The molecule has 1 aliphatic rings. The maximum absolute atomic E-state index is 13.3. The minimum atomic E-state index is -5.08. The smallest absolute Gasteiger partial charge is 0.416 e. The van der Waals surface area contributed by atoms with Gasteiger partial charge in [0.05, 0.1) is 16.7 Å². The van der Waals surface area contributed by atoms with Gasteiger partial charge >= 0.3 is 18.5 Å². The van der Waals surface area contributed by atoms with Gasteiger partial charge in [0.25, 0.3) is 0 Å². The number of ether oxygens (including phenoxy) is 1. The van der Waals surface area contributed by atoms with Crippen molar-refractivity contribution in [3.8, 4) is 0 Å². The summed E-state index contributed by atoms with van der Waals surface area (Å²) in [4.78, 5) is 0. The van der Waals surface area contributed by atoms with Crippen LogP contribution < -0.4 is 0 Å². The van der Waals surface area contributed by atoms with E-state index in [2.05, 4.69) is 0 Å². The quantitative estimate of drug-likeness (QED) is 0.161. The van der Waals surface area contributed by atoms with Crippen molar-refractivity contribution in [3.63, 3.8) is 0 Å². The lowest BCUT2D eigenvalue weighted by molar-refractivity contribution is -0.912. The summed E-state index contributed by atoms with van der Waals surface area (Å²) >= 11 is 1.76. The molecule has 0 amide bonds. The van der Waals surface area contributed by atoms with Gasteiger partial charge in [0, 0.05) is 14.7 Å². The number of benzene rings is 2. The molecule has 0 saturated carbocycles. The summed E-state index contributed by atoms with van der Waals surface area (Å²) in [5.74, 6) is 0. The van der Waals surface area contributed by atoms with E-state index in [1.165, 1.54) is 13.0 Å². The van der Waals surface area contributed by atoms with Gasteiger partial charge in [-0.1, -0.05) is 0 Å². The van der Waals surface area contributed by atoms with Crippen molar-refractivity contribution < 1.29 is 48.9 Å². The first kappa shape index (κ1) is 26.0. The molecule has 2 aromatic rings. The molecule has 0 N–H and O–H groups in total. The third kappa shape index (κ3) is 5.57. The van der Waals surface area contributed by atoms with Gasteiger partial charge in [-0.25, -0.2) is 0 Å². The number of hydrogen-bond donors (Lipinski definition) is 0. The fourth-order valence-electron chi connectivity index (χ4n) is 3.61. The molecule has 1 aliphatic heterocycles. The standard InChI is InChI=1S/C20H15F9INO2/c1-10-17(15-7-12(18(21,22)23)2-3-16(15)30)33-9-31(10,32)8-11-4-13(19(24,25)26)6-14(5-11)20(27,28)29/h2-7,10,17H,8-9H2,1H3/t10-,17+,31?/m1/s1. The van der Waals surface area contributed by atoms with E-state index in [1.807, 2.05) is 0 Å². The van der Waals surface area contributed by atoms with Crippen molar-refractivity contribution in [2.24, 2.45) is 0 Å². The molecular weight excluding hydrogens is 584 g/mol. The molecule has 1 unspecified atom stereocenters. The van der Waals surface area contributed by atoms with Crippen LogP contribution in [0, 0.1) is 8.78 Å². The lowest BCUT2D eigenvalue weighted by atomic mass is 9.99. The Labute approximate surface area is 195 Å². The van der Waals surface area contributed by atoms with E-state index in [4.69, 9.17) is 4.74 Å². The third-order valence-corrected chi connectivity index (χ3v) is 6.36. The van der Waals surface area contributed by atoms with Crippen LogP contribution >= 0.6 is 22.6 Å². The zero-order valence-corrected chi connectivity index (χ0v) is 18.7. The van der Waals surface area contributed by atoms with E-state index in [9.17, 15) is 44.7 Å². The van der Waals surface area contributed by atoms with Crippen LogP contribution in [0.3, 0.4) is 0 Å². The van der Waals surface area contributed by atoms with Crippen molar-refractivity contribution in [3.05, 3.63) is 73.0 Å². The number of alkyl halides is 9. The van der Waals surface area contributed by atoms with E-state index in [0.717, 1.165) is 12.1 Å². The minimum Gasteiger partial charge on any atom is -0.631 e. The van der Waals surface area contributed by atoms with E-state index >= 15 is 0 Å². The molecule has 1 saturated heterocycles. The molecular formula is C20H15F9INO2. The van der Waals surface area contributed by atoms with Gasteiger partial charge in [0.15, 0.2) is 6.73 Å². The second-order valence-electron chi connectivity index (χ2n) is 7.72. The zero-order valence-electron chi connectivity index (χ0n) is 16.6.